The number of carbonyl (C=O) groups excluding carboxylic acids is 1. The van der Waals surface area contributed by atoms with Gasteiger partial charge in [0.2, 0.25) is 0 Å². The van der Waals surface area contributed by atoms with Gasteiger partial charge in [-0.15, -0.1) is 0 Å². The second-order valence-electron chi connectivity index (χ2n) is 4.76. The van der Waals surface area contributed by atoms with Crippen LogP contribution in [-0.2, 0) is 0 Å². The lowest BCUT2D eigenvalue weighted by molar-refractivity contribution is -0.393. The summed E-state index contributed by atoms with van der Waals surface area (Å²) in [6.07, 6.45) is 0. The van der Waals surface area contributed by atoms with E-state index in [-0.39, 0.29) is 5.56 Å². The minimum atomic E-state index is -0.878. The highest BCUT2D eigenvalue weighted by molar-refractivity contribution is 9.10. The predicted molar refractivity (Wildman–Crippen MR) is 91.6 cm³/mol. The Hall–Kier alpha value is -2.52. The van der Waals surface area contributed by atoms with Crippen molar-refractivity contribution in [1.29, 1.82) is 0 Å². The lowest BCUT2D eigenvalue weighted by Crippen LogP contribution is -2.13. The summed E-state index contributed by atoms with van der Waals surface area (Å²) in [7, 11) is 0. The van der Waals surface area contributed by atoms with Crippen molar-refractivity contribution in [2.45, 2.75) is 6.92 Å². The zero-order valence-electron chi connectivity index (χ0n) is 12.1. The standard InChI is InChI=1S/C14H9BrClN3O5/c1-7-4-9(15)2-3-10(7)17-14(20)8-5-11(18(21)22)13(16)12(6-8)19(23)24/h2-6H,1H3,(H,17,20). The minimum Gasteiger partial charge on any atom is -0.322 e. The largest absolute Gasteiger partial charge is 0.322 e. The third-order valence-electron chi connectivity index (χ3n) is 3.13. The monoisotopic (exact) mass is 413 g/mol. The van der Waals surface area contributed by atoms with Crippen molar-refractivity contribution < 1.29 is 14.6 Å². The molecule has 0 unspecified atom stereocenters. The number of anilines is 1. The second-order valence-corrected chi connectivity index (χ2v) is 6.05. The summed E-state index contributed by atoms with van der Waals surface area (Å²) in [5.74, 6) is -0.719. The summed E-state index contributed by atoms with van der Waals surface area (Å²) >= 11 is 8.95. The van der Waals surface area contributed by atoms with Crippen LogP contribution in [0.5, 0.6) is 0 Å². The summed E-state index contributed by atoms with van der Waals surface area (Å²) in [6.45, 7) is 1.76. The van der Waals surface area contributed by atoms with Gasteiger partial charge in [-0.3, -0.25) is 25.0 Å². The molecule has 0 aromatic heterocycles. The molecule has 2 aromatic rings. The number of halogens is 2. The zero-order valence-corrected chi connectivity index (χ0v) is 14.4. The van der Waals surface area contributed by atoms with Crippen LogP contribution in [0.15, 0.2) is 34.8 Å². The topological polar surface area (TPSA) is 115 Å². The van der Waals surface area contributed by atoms with Gasteiger partial charge in [-0.25, -0.2) is 0 Å². The fourth-order valence-electron chi connectivity index (χ4n) is 1.95. The maximum Gasteiger partial charge on any atom is 0.295 e. The number of nitrogens with zero attached hydrogens (tertiary/aromatic N) is 2. The molecule has 0 saturated carbocycles. The lowest BCUT2D eigenvalue weighted by Gasteiger charge is -2.09. The van der Waals surface area contributed by atoms with E-state index in [0.717, 1.165) is 22.2 Å². The van der Waals surface area contributed by atoms with E-state index < -0.39 is 32.2 Å². The average molecular weight is 415 g/mol. The Morgan fingerprint density at radius 2 is 1.67 bits per heavy atom. The number of benzene rings is 2. The Balaban J connectivity index is 2.45. The molecule has 1 N–H and O–H groups in total. The van der Waals surface area contributed by atoms with Gasteiger partial charge in [-0.05, 0) is 30.7 Å². The fourth-order valence-corrected chi connectivity index (χ4v) is 2.68. The van der Waals surface area contributed by atoms with Gasteiger partial charge < -0.3 is 5.32 Å². The molecular weight excluding hydrogens is 406 g/mol. The van der Waals surface area contributed by atoms with Gasteiger partial charge >= 0.3 is 0 Å². The molecule has 0 aliphatic carbocycles. The molecule has 2 rings (SSSR count). The van der Waals surface area contributed by atoms with Crippen molar-refractivity contribution in [2.24, 2.45) is 0 Å². The minimum absolute atomic E-state index is 0.236. The third-order valence-corrected chi connectivity index (χ3v) is 4.01. The average Bonchev–Trinajstić information content (AvgIpc) is 2.49. The molecule has 0 aliphatic rings. The molecule has 0 saturated heterocycles. The van der Waals surface area contributed by atoms with Gasteiger partial charge in [0, 0.05) is 22.3 Å². The quantitative estimate of drug-likeness (QED) is 0.585. The van der Waals surface area contributed by atoms with E-state index >= 15 is 0 Å². The van der Waals surface area contributed by atoms with Crippen LogP contribution in [0.25, 0.3) is 0 Å². The molecule has 0 bridgehead atoms. The molecule has 0 atom stereocenters. The maximum atomic E-state index is 12.3. The molecule has 1 amide bonds. The van der Waals surface area contributed by atoms with E-state index in [9.17, 15) is 25.0 Å². The zero-order chi connectivity index (χ0) is 18.0. The Labute approximate surface area is 148 Å². The predicted octanol–water partition coefficient (Wildman–Crippen LogP) is 4.48. The first-order chi connectivity index (χ1) is 11.2. The van der Waals surface area contributed by atoms with E-state index in [4.69, 9.17) is 11.6 Å². The molecule has 8 nitrogen and oxygen atoms in total. The van der Waals surface area contributed by atoms with Gasteiger partial charge in [0.1, 0.15) is 0 Å². The summed E-state index contributed by atoms with van der Waals surface area (Å²) in [4.78, 5) is 32.5. The number of nitrogens with one attached hydrogen (secondary N) is 1. The van der Waals surface area contributed by atoms with Crippen LogP contribution in [-0.4, -0.2) is 15.8 Å². The highest BCUT2D eigenvalue weighted by Gasteiger charge is 2.27. The van der Waals surface area contributed by atoms with E-state index in [1.54, 1.807) is 25.1 Å². The molecule has 0 fully saturated rings. The molecule has 0 radical (unpaired) electrons. The normalized spacial score (nSPS) is 10.3. The number of hydrogen-bond donors (Lipinski definition) is 1. The van der Waals surface area contributed by atoms with Gasteiger partial charge in [0.05, 0.1) is 15.4 Å². The lowest BCUT2D eigenvalue weighted by atomic mass is 10.1. The van der Waals surface area contributed by atoms with Crippen LogP contribution in [0.2, 0.25) is 5.02 Å². The van der Waals surface area contributed by atoms with Crippen LogP contribution in [0, 0.1) is 27.2 Å². The number of rotatable bonds is 4. The van der Waals surface area contributed by atoms with Gasteiger partial charge in [0.25, 0.3) is 17.3 Å². The second kappa shape index (κ2) is 6.93. The Kier molecular flexibility index (Phi) is 5.15. The van der Waals surface area contributed by atoms with Crippen LogP contribution in [0.4, 0.5) is 17.1 Å². The van der Waals surface area contributed by atoms with Crippen molar-refractivity contribution in [2.75, 3.05) is 5.32 Å². The molecular formula is C14H9BrClN3O5. The molecule has 0 spiro atoms. The third kappa shape index (κ3) is 3.69. The highest BCUT2D eigenvalue weighted by atomic mass is 79.9. The molecule has 124 valence electrons. The number of carbonyl (C=O) groups is 1. The van der Waals surface area contributed by atoms with Crippen molar-refractivity contribution in [3.05, 3.63) is 71.2 Å². The summed E-state index contributed by atoms with van der Waals surface area (Å²) in [6, 6.07) is 6.91. The summed E-state index contributed by atoms with van der Waals surface area (Å²) in [5.41, 5.74) is -0.425. The number of nitro benzene ring substituents is 2. The van der Waals surface area contributed by atoms with E-state index in [0.29, 0.717) is 5.69 Å². The van der Waals surface area contributed by atoms with Gasteiger partial charge in [0.15, 0.2) is 5.02 Å². The first-order valence-corrected chi connectivity index (χ1v) is 7.57. The molecule has 2 aromatic carbocycles. The number of aryl methyl sites for hydroxylation is 1. The van der Waals surface area contributed by atoms with Crippen LogP contribution in [0.3, 0.4) is 0 Å². The van der Waals surface area contributed by atoms with Crippen LogP contribution < -0.4 is 5.32 Å². The van der Waals surface area contributed by atoms with Crippen molar-refractivity contribution in [1.82, 2.24) is 0 Å². The van der Waals surface area contributed by atoms with Gasteiger partial charge in [-0.2, -0.15) is 0 Å². The summed E-state index contributed by atoms with van der Waals surface area (Å²) in [5, 5.41) is 23.9. The SMILES string of the molecule is Cc1cc(Br)ccc1NC(=O)c1cc([N+](=O)[O-])c(Cl)c([N+](=O)[O-])c1. The fraction of sp³-hybridized carbons (Fsp3) is 0.0714. The number of nitro groups is 2. The number of amides is 1. The maximum absolute atomic E-state index is 12.3. The van der Waals surface area contributed by atoms with Crippen molar-refractivity contribution >= 4 is 50.5 Å². The Bertz CT molecular complexity index is 836. The first kappa shape index (κ1) is 17.8. The first-order valence-electron chi connectivity index (χ1n) is 6.40. The molecule has 24 heavy (non-hydrogen) atoms. The van der Waals surface area contributed by atoms with Crippen LogP contribution in [0.1, 0.15) is 15.9 Å². The molecule has 0 aliphatic heterocycles. The molecule has 0 heterocycles. The molecule has 10 heteroatoms. The van der Waals surface area contributed by atoms with Gasteiger partial charge in [-0.1, -0.05) is 27.5 Å². The van der Waals surface area contributed by atoms with E-state index in [2.05, 4.69) is 21.2 Å². The smallest absolute Gasteiger partial charge is 0.295 e. The Morgan fingerprint density at radius 1 is 1.12 bits per heavy atom. The Morgan fingerprint density at radius 3 is 2.12 bits per heavy atom. The van der Waals surface area contributed by atoms with Crippen LogP contribution >= 0.6 is 27.5 Å². The summed E-state index contributed by atoms with van der Waals surface area (Å²) < 4.78 is 0.816. The van der Waals surface area contributed by atoms with Crippen molar-refractivity contribution in [3.63, 3.8) is 0 Å². The number of hydrogen-bond acceptors (Lipinski definition) is 5. The van der Waals surface area contributed by atoms with E-state index in [1.165, 1.54) is 0 Å². The highest BCUT2D eigenvalue weighted by Crippen LogP contribution is 2.35. The van der Waals surface area contributed by atoms with E-state index in [1.807, 2.05) is 0 Å². The van der Waals surface area contributed by atoms with Crippen molar-refractivity contribution in [3.8, 4) is 0 Å².